The predicted molar refractivity (Wildman–Crippen MR) is 87.9 cm³/mol. The summed E-state index contributed by atoms with van der Waals surface area (Å²) in [6, 6.07) is 19.9. The molecule has 1 N–H and O–H groups in total. The van der Waals surface area contributed by atoms with Gasteiger partial charge in [0.25, 0.3) is 0 Å². The monoisotopic (exact) mass is 311 g/mol. The lowest BCUT2D eigenvalue weighted by Gasteiger charge is -2.27. The van der Waals surface area contributed by atoms with Crippen LogP contribution < -0.4 is 0 Å². The van der Waals surface area contributed by atoms with Crippen LogP contribution in [0.3, 0.4) is 0 Å². The van der Waals surface area contributed by atoms with E-state index in [1.54, 1.807) is 0 Å². The Morgan fingerprint density at radius 3 is 2.35 bits per heavy atom. The lowest BCUT2D eigenvalue weighted by atomic mass is 9.93. The molecule has 4 nitrogen and oxygen atoms in total. The van der Waals surface area contributed by atoms with E-state index in [-0.39, 0.29) is 31.1 Å². The van der Waals surface area contributed by atoms with Crippen molar-refractivity contribution in [3.8, 4) is 0 Å². The SMILES string of the molecule is O=C1CO[C@@H](CO)C(c2ccccc2)CN1Cc1ccccc1. The van der Waals surface area contributed by atoms with E-state index in [1.165, 1.54) is 0 Å². The van der Waals surface area contributed by atoms with Crippen molar-refractivity contribution >= 4 is 5.91 Å². The summed E-state index contributed by atoms with van der Waals surface area (Å²) in [4.78, 5) is 14.2. The van der Waals surface area contributed by atoms with Crippen LogP contribution in [0.25, 0.3) is 0 Å². The Labute approximate surface area is 136 Å². The highest BCUT2D eigenvalue weighted by Gasteiger charge is 2.32. The van der Waals surface area contributed by atoms with Gasteiger partial charge in [0.2, 0.25) is 5.91 Å². The molecule has 0 bridgehead atoms. The van der Waals surface area contributed by atoms with Gasteiger partial charge in [-0.15, -0.1) is 0 Å². The molecule has 0 aliphatic carbocycles. The quantitative estimate of drug-likeness (QED) is 0.941. The number of aliphatic hydroxyl groups is 1. The second-order valence-corrected chi connectivity index (χ2v) is 5.81. The third kappa shape index (κ3) is 3.78. The predicted octanol–water partition coefficient (Wildman–Crippen LogP) is 2.19. The Balaban J connectivity index is 1.84. The van der Waals surface area contributed by atoms with Gasteiger partial charge in [-0.1, -0.05) is 60.7 Å². The molecular formula is C19H21NO3. The van der Waals surface area contributed by atoms with Gasteiger partial charge in [-0.05, 0) is 11.1 Å². The van der Waals surface area contributed by atoms with Crippen molar-refractivity contribution < 1.29 is 14.6 Å². The average molecular weight is 311 g/mol. The van der Waals surface area contributed by atoms with E-state index in [1.807, 2.05) is 65.6 Å². The number of amides is 1. The molecule has 23 heavy (non-hydrogen) atoms. The maximum absolute atomic E-state index is 12.4. The van der Waals surface area contributed by atoms with Gasteiger partial charge < -0.3 is 14.7 Å². The van der Waals surface area contributed by atoms with Gasteiger partial charge in [0.1, 0.15) is 6.61 Å². The fraction of sp³-hybridized carbons (Fsp3) is 0.316. The molecule has 2 aromatic rings. The summed E-state index contributed by atoms with van der Waals surface area (Å²) in [5, 5.41) is 9.66. The second kappa shape index (κ2) is 7.40. The number of carbonyl (C=O) groups is 1. The standard InChI is InChI=1S/C19H21NO3/c21-13-18-17(16-9-5-2-6-10-16)12-20(19(22)14-23-18)11-15-7-3-1-4-8-15/h1-10,17-18,21H,11-14H2/t17?,18-/m0/s1. The van der Waals surface area contributed by atoms with E-state index in [0.29, 0.717) is 13.1 Å². The van der Waals surface area contributed by atoms with Crippen LogP contribution in [0.4, 0.5) is 0 Å². The maximum atomic E-state index is 12.4. The zero-order chi connectivity index (χ0) is 16.1. The zero-order valence-electron chi connectivity index (χ0n) is 13.0. The Morgan fingerprint density at radius 1 is 1.04 bits per heavy atom. The van der Waals surface area contributed by atoms with E-state index in [0.717, 1.165) is 11.1 Å². The Kier molecular flexibility index (Phi) is 5.05. The van der Waals surface area contributed by atoms with Gasteiger partial charge in [0.15, 0.2) is 0 Å². The molecule has 1 aliphatic rings. The number of hydrogen-bond donors (Lipinski definition) is 1. The van der Waals surface area contributed by atoms with Gasteiger partial charge >= 0.3 is 0 Å². The molecule has 1 unspecified atom stereocenters. The highest BCUT2D eigenvalue weighted by molar-refractivity contribution is 5.77. The van der Waals surface area contributed by atoms with Crippen molar-refractivity contribution in [2.24, 2.45) is 0 Å². The third-order valence-corrected chi connectivity index (χ3v) is 4.26. The first kappa shape index (κ1) is 15.7. The minimum absolute atomic E-state index is 0.0153. The topological polar surface area (TPSA) is 49.8 Å². The van der Waals surface area contributed by atoms with Crippen molar-refractivity contribution in [2.45, 2.75) is 18.6 Å². The first-order chi connectivity index (χ1) is 11.3. The van der Waals surface area contributed by atoms with Gasteiger partial charge in [0.05, 0.1) is 12.7 Å². The summed E-state index contributed by atoms with van der Waals surface area (Å²) in [6.45, 7) is 1.03. The molecule has 0 saturated carbocycles. The molecule has 4 heteroatoms. The third-order valence-electron chi connectivity index (χ3n) is 4.26. The van der Waals surface area contributed by atoms with Crippen molar-refractivity contribution in [3.05, 3.63) is 71.8 Å². The van der Waals surface area contributed by atoms with Crippen LogP contribution in [0.1, 0.15) is 17.0 Å². The van der Waals surface area contributed by atoms with E-state index in [9.17, 15) is 9.90 Å². The Bertz CT molecular complexity index is 630. The summed E-state index contributed by atoms with van der Waals surface area (Å²) in [7, 11) is 0. The normalized spacial score (nSPS) is 22.0. The molecule has 0 spiro atoms. The number of carbonyl (C=O) groups excluding carboxylic acids is 1. The van der Waals surface area contributed by atoms with Crippen molar-refractivity contribution in [2.75, 3.05) is 19.8 Å². The number of rotatable bonds is 4. The Hall–Kier alpha value is -2.17. The van der Waals surface area contributed by atoms with Crippen LogP contribution in [-0.4, -0.2) is 41.8 Å². The molecule has 1 aliphatic heterocycles. The van der Waals surface area contributed by atoms with E-state index in [2.05, 4.69) is 0 Å². The van der Waals surface area contributed by atoms with Gasteiger partial charge in [-0.3, -0.25) is 4.79 Å². The zero-order valence-corrected chi connectivity index (χ0v) is 13.0. The van der Waals surface area contributed by atoms with Crippen LogP contribution in [0, 0.1) is 0 Å². The minimum Gasteiger partial charge on any atom is -0.394 e. The fourth-order valence-electron chi connectivity index (χ4n) is 3.00. The lowest BCUT2D eigenvalue weighted by Crippen LogP contribution is -2.35. The van der Waals surface area contributed by atoms with Crippen molar-refractivity contribution in [1.82, 2.24) is 4.90 Å². The van der Waals surface area contributed by atoms with Crippen molar-refractivity contribution in [3.63, 3.8) is 0 Å². The minimum atomic E-state index is -0.359. The first-order valence-corrected chi connectivity index (χ1v) is 7.87. The number of benzene rings is 2. The van der Waals surface area contributed by atoms with Crippen LogP contribution in [0.5, 0.6) is 0 Å². The molecule has 1 heterocycles. The van der Waals surface area contributed by atoms with Gasteiger partial charge in [-0.25, -0.2) is 0 Å². The van der Waals surface area contributed by atoms with E-state index < -0.39 is 0 Å². The first-order valence-electron chi connectivity index (χ1n) is 7.87. The van der Waals surface area contributed by atoms with Gasteiger partial charge in [0, 0.05) is 19.0 Å². The highest BCUT2D eigenvalue weighted by atomic mass is 16.5. The van der Waals surface area contributed by atoms with E-state index in [4.69, 9.17) is 4.74 Å². The lowest BCUT2D eigenvalue weighted by molar-refractivity contribution is -0.135. The molecule has 3 rings (SSSR count). The van der Waals surface area contributed by atoms with Crippen molar-refractivity contribution in [1.29, 1.82) is 0 Å². The molecule has 2 aromatic carbocycles. The fourth-order valence-corrected chi connectivity index (χ4v) is 3.00. The molecule has 1 amide bonds. The highest BCUT2D eigenvalue weighted by Crippen LogP contribution is 2.26. The average Bonchev–Trinajstić information content (AvgIpc) is 2.76. The Morgan fingerprint density at radius 2 is 1.70 bits per heavy atom. The largest absolute Gasteiger partial charge is 0.394 e. The summed E-state index contributed by atoms with van der Waals surface area (Å²) in [6.07, 6.45) is -0.359. The summed E-state index contributed by atoms with van der Waals surface area (Å²) in [5.74, 6) is -0.0675. The van der Waals surface area contributed by atoms with Crippen LogP contribution >= 0.6 is 0 Å². The van der Waals surface area contributed by atoms with Crippen LogP contribution in [-0.2, 0) is 16.1 Å². The molecular weight excluding hydrogens is 290 g/mol. The van der Waals surface area contributed by atoms with Gasteiger partial charge in [-0.2, -0.15) is 0 Å². The number of hydrogen-bond acceptors (Lipinski definition) is 3. The number of aliphatic hydroxyl groups excluding tert-OH is 1. The summed E-state index contributed by atoms with van der Waals surface area (Å²) >= 11 is 0. The molecule has 0 radical (unpaired) electrons. The number of nitrogens with zero attached hydrogens (tertiary/aromatic N) is 1. The maximum Gasteiger partial charge on any atom is 0.248 e. The number of ether oxygens (including phenoxy) is 1. The van der Waals surface area contributed by atoms with Crippen LogP contribution in [0.15, 0.2) is 60.7 Å². The van der Waals surface area contributed by atoms with E-state index >= 15 is 0 Å². The molecule has 1 fully saturated rings. The molecule has 2 atom stereocenters. The summed E-state index contributed by atoms with van der Waals surface area (Å²) < 4.78 is 5.66. The molecule has 0 aromatic heterocycles. The smallest absolute Gasteiger partial charge is 0.248 e. The van der Waals surface area contributed by atoms with Crippen LogP contribution in [0.2, 0.25) is 0 Å². The summed E-state index contributed by atoms with van der Waals surface area (Å²) in [5.41, 5.74) is 2.18. The second-order valence-electron chi connectivity index (χ2n) is 5.81. The molecule has 120 valence electrons. The molecule has 1 saturated heterocycles.